The highest BCUT2D eigenvalue weighted by atomic mass is 15.2. The Labute approximate surface area is 116 Å². The molecule has 1 saturated heterocycles. The molecule has 1 aliphatic carbocycles. The third-order valence-electron chi connectivity index (χ3n) is 4.50. The molecule has 1 unspecified atom stereocenters. The lowest BCUT2D eigenvalue weighted by Gasteiger charge is -2.30. The fraction of sp³-hybridized carbons (Fsp3) is 0.688. The Kier molecular flexibility index (Phi) is 4.02. The molecule has 1 aliphatic heterocycles. The first-order valence-electron chi connectivity index (χ1n) is 7.81. The normalized spacial score (nSPS) is 22.3. The molecular formula is C16H25N3. The highest BCUT2D eigenvalue weighted by Crippen LogP contribution is 2.24. The van der Waals surface area contributed by atoms with Crippen molar-refractivity contribution in [2.45, 2.75) is 39.0 Å². The van der Waals surface area contributed by atoms with Crippen molar-refractivity contribution in [1.29, 1.82) is 0 Å². The van der Waals surface area contributed by atoms with E-state index in [0.29, 0.717) is 0 Å². The highest BCUT2D eigenvalue weighted by molar-refractivity contribution is 5.43. The first-order chi connectivity index (χ1) is 9.36. The SMILES string of the molecule is CCN(CC1CCCNC1)c1ccc2c(n1)CCC2. The van der Waals surface area contributed by atoms with Gasteiger partial charge in [-0.2, -0.15) is 0 Å². The van der Waals surface area contributed by atoms with Crippen LogP contribution in [0.15, 0.2) is 12.1 Å². The molecule has 3 heteroatoms. The van der Waals surface area contributed by atoms with Gasteiger partial charge in [0.1, 0.15) is 5.82 Å². The summed E-state index contributed by atoms with van der Waals surface area (Å²) in [5.41, 5.74) is 2.82. The molecule has 2 aliphatic rings. The smallest absolute Gasteiger partial charge is 0.128 e. The molecule has 2 heterocycles. The molecule has 1 aromatic rings. The monoisotopic (exact) mass is 259 g/mol. The molecule has 1 atom stereocenters. The summed E-state index contributed by atoms with van der Waals surface area (Å²) in [6, 6.07) is 4.52. The second-order valence-electron chi connectivity index (χ2n) is 5.88. The van der Waals surface area contributed by atoms with Crippen molar-refractivity contribution >= 4 is 5.82 Å². The molecule has 1 N–H and O–H groups in total. The standard InChI is InChI=1S/C16H25N3/c1-2-19(12-13-5-4-10-17-11-13)16-9-8-14-6-3-7-15(14)18-16/h8-9,13,17H,2-7,10-12H2,1H3. The number of aryl methyl sites for hydroxylation is 2. The molecule has 3 nitrogen and oxygen atoms in total. The van der Waals surface area contributed by atoms with Crippen LogP contribution in [0.2, 0.25) is 0 Å². The van der Waals surface area contributed by atoms with Gasteiger partial charge in [0.05, 0.1) is 0 Å². The number of fused-ring (bicyclic) bond motifs is 1. The van der Waals surface area contributed by atoms with Crippen LogP contribution in [0, 0.1) is 5.92 Å². The number of nitrogens with one attached hydrogen (secondary N) is 1. The van der Waals surface area contributed by atoms with Gasteiger partial charge in [0.2, 0.25) is 0 Å². The van der Waals surface area contributed by atoms with Crippen molar-refractivity contribution < 1.29 is 0 Å². The molecule has 0 bridgehead atoms. The molecule has 1 aromatic heterocycles. The Morgan fingerprint density at radius 3 is 3.05 bits per heavy atom. The van der Waals surface area contributed by atoms with E-state index in [4.69, 9.17) is 4.98 Å². The van der Waals surface area contributed by atoms with Crippen molar-refractivity contribution in [3.8, 4) is 0 Å². The Morgan fingerprint density at radius 1 is 1.32 bits per heavy atom. The van der Waals surface area contributed by atoms with E-state index in [9.17, 15) is 0 Å². The molecule has 1 fully saturated rings. The topological polar surface area (TPSA) is 28.2 Å². The van der Waals surface area contributed by atoms with Gasteiger partial charge >= 0.3 is 0 Å². The second-order valence-corrected chi connectivity index (χ2v) is 5.88. The Morgan fingerprint density at radius 2 is 2.26 bits per heavy atom. The average molecular weight is 259 g/mol. The van der Waals surface area contributed by atoms with Gasteiger partial charge in [-0.3, -0.25) is 0 Å². The van der Waals surface area contributed by atoms with Gasteiger partial charge in [-0.15, -0.1) is 0 Å². The van der Waals surface area contributed by atoms with Crippen molar-refractivity contribution in [3.63, 3.8) is 0 Å². The maximum absolute atomic E-state index is 4.90. The fourth-order valence-corrected chi connectivity index (χ4v) is 3.36. The van der Waals surface area contributed by atoms with Gasteiger partial charge in [-0.05, 0) is 69.7 Å². The summed E-state index contributed by atoms with van der Waals surface area (Å²) < 4.78 is 0. The zero-order chi connectivity index (χ0) is 13.1. The largest absolute Gasteiger partial charge is 0.357 e. The summed E-state index contributed by atoms with van der Waals surface area (Å²) in [5.74, 6) is 1.97. The maximum atomic E-state index is 4.90. The summed E-state index contributed by atoms with van der Waals surface area (Å²) in [7, 11) is 0. The fourth-order valence-electron chi connectivity index (χ4n) is 3.36. The molecule has 0 aromatic carbocycles. The second kappa shape index (κ2) is 5.91. The summed E-state index contributed by atoms with van der Waals surface area (Å²) >= 11 is 0. The van der Waals surface area contributed by atoms with Crippen molar-refractivity contribution in [1.82, 2.24) is 10.3 Å². The van der Waals surface area contributed by atoms with Crippen molar-refractivity contribution in [2.24, 2.45) is 5.92 Å². The molecule has 0 spiro atoms. The summed E-state index contributed by atoms with van der Waals surface area (Å²) in [4.78, 5) is 7.35. The van der Waals surface area contributed by atoms with E-state index in [1.807, 2.05) is 0 Å². The molecule has 0 saturated carbocycles. The number of hydrogen-bond donors (Lipinski definition) is 1. The van der Waals surface area contributed by atoms with E-state index in [1.54, 1.807) is 0 Å². The number of piperidine rings is 1. The number of rotatable bonds is 4. The van der Waals surface area contributed by atoms with Crippen LogP contribution in [0.1, 0.15) is 37.4 Å². The minimum Gasteiger partial charge on any atom is -0.357 e. The predicted octanol–water partition coefficient (Wildman–Crippen LogP) is 2.40. The van der Waals surface area contributed by atoms with E-state index < -0.39 is 0 Å². The van der Waals surface area contributed by atoms with Crippen LogP contribution < -0.4 is 10.2 Å². The van der Waals surface area contributed by atoms with E-state index >= 15 is 0 Å². The van der Waals surface area contributed by atoms with Gasteiger partial charge in [-0.1, -0.05) is 6.07 Å². The van der Waals surface area contributed by atoms with Crippen LogP contribution in [-0.2, 0) is 12.8 Å². The Bertz CT molecular complexity index is 424. The van der Waals surface area contributed by atoms with Gasteiger partial charge in [-0.25, -0.2) is 4.98 Å². The first-order valence-corrected chi connectivity index (χ1v) is 7.81. The quantitative estimate of drug-likeness (QED) is 0.900. The third kappa shape index (κ3) is 2.92. The van der Waals surface area contributed by atoms with Crippen LogP contribution in [0.4, 0.5) is 5.82 Å². The lowest BCUT2D eigenvalue weighted by Crippen LogP contribution is -2.38. The van der Waals surface area contributed by atoms with E-state index in [0.717, 1.165) is 19.0 Å². The van der Waals surface area contributed by atoms with Gasteiger partial charge in [0.25, 0.3) is 0 Å². The van der Waals surface area contributed by atoms with E-state index in [2.05, 4.69) is 29.3 Å². The Balaban J connectivity index is 1.70. The predicted molar refractivity (Wildman–Crippen MR) is 79.7 cm³/mol. The van der Waals surface area contributed by atoms with Crippen LogP contribution in [0.5, 0.6) is 0 Å². The van der Waals surface area contributed by atoms with Crippen LogP contribution in [0.3, 0.4) is 0 Å². The highest BCUT2D eigenvalue weighted by Gasteiger charge is 2.19. The van der Waals surface area contributed by atoms with Crippen molar-refractivity contribution in [3.05, 3.63) is 23.4 Å². The van der Waals surface area contributed by atoms with Crippen LogP contribution in [-0.4, -0.2) is 31.2 Å². The number of aromatic nitrogens is 1. The Hall–Kier alpha value is -1.09. The maximum Gasteiger partial charge on any atom is 0.128 e. The van der Waals surface area contributed by atoms with Gasteiger partial charge in [0.15, 0.2) is 0 Å². The number of pyridine rings is 1. The average Bonchev–Trinajstić information content (AvgIpc) is 2.93. The van der Waals surface area contributed by atoms with Gasteiger partial charge < -0.3 is 10.2 Å². The molecular weight excluding hydrogens is 234 g/mol. The van der Waals surface area contributed by atoms with Crippen molar-refractivity contribution in [2.75, 3.05) is 31.1 Å². The molecule has 3 rings (SSSR count). The van der Waals surface area contributed by atoms with Crippen LogP contribution >= 0.6 is 0 Å². The lowest BCUT2D eigenvalue weighted by molar-refractivity contribution is 0.377. The third-order valence-corrected chi connectivity index (χ3v) is 4.50. The van der Waals surface area contributed by atoms with E-state index in [1.165, 1.54) is 62.3 Å². The molecule has 0 radical (unpaired) electrons. The molecule has 0 amide bonds. The molecule has 19 heavy (non-hydrogen) atoms. The van der Waals surface area contributed by atoms with Crippen LogP contribution in [0.25, 0.3) is 0 Å². The zero-order valence-electron chi connectivity index (χ0n) is 12.0. The number of nitrogens with zero attached hydrogens (tertiary/aromatic N) is 2. The zero-order valence-corrected chi connectivity index (χ0v) is 12.0. The minimum absolute atomic E-state index is 0.781. The first kappa shape index (κ1) is 12.9. The minimum atomic E-state index is 0.781. The van der Waals surface area contributed by atoms with E-state index in [-0.39, 0.29) is 0 Å². The number of anilines is 1. The summed E-state index contributed by atoms with van der Waals surface area (Å²) in [6.45, 7) is 6.81. The summed E-state index contributed by atoms with van der Waals surface area (Å²) in [6.07, 6.45) is 6.35. The summed E-state index contributed by atoms with van der Waals surface area (Å²) in [5, 5.41) is 3.51. The van der Waals surface area contributed by atoms with Gasteiger partial charge in [0, 0.05) is 18.8 Å². The number of hydrogen-bond acceptors (Lipinski definition) is 3. The molecule has 104 valence electrons. The lowest BCUT2D eigenvalue weighted by atomic mass is 9.99.